The Bertz CT molecular complexity index is 857. The van der Waals surface area contributed by atoms with Gasteiger partial charge in [0.05, 0.1) is 36.9 Å². The number of benzene rings is 2. The smallest absolute Gasteiger partial charge is 0.230 e. The van der Waals surface area contributed by atoms with Crippen LogP contribution in [0.1, 0.15) is 18.0 Å². The highest BCUT2D eigenvalue weighted by molar-refractivity contribution is 6.32. The van der Waals surface area contributed by atoms with Gasteiger partial charge in [0.25, 0.3) is 0 Å². The molecule has 7 heteroatoms. The molecule has 27 heavy (non-hydrogen) atoms. The van der Waals surface area contributed by atoms with E-state index in [1.165, 1.54) is 14.2 Å². The molecular weight excluding hydrogens is 368 g/mol. The molecule has 0 aliphatic carbocycles. The van der Waals surface area contributed by atoms with Crippen molar-refractivity contribution in [3.8, 4) is 11.5 Å². The van der Waals surface area contributed by atoms with Crippen molar-refractivity contribution in [1.82, 2.24) is 4.90 Å². The number of nitrogens with zero attached hydrogens (tertiary/aromatic N) is 1. The molecule has 0 aromatic heterocycles. The summed E-state index contributed by atoms with van der Waals surface area (Å²) in [6, 6.07) is 12.4. The largest absolute Gasteiger partial charge is 0.495 e. The van der Waals surface area contributed by atoms with Gasteiger partial charge in [-0.2, -0.15) is 0 Å². The summed E-state index contributed by atoms with van der Waals surface area (Å²) < 4.78 is 10.5. The van der Waals surface area contributed by atoms with Crippen molar-refractivity contribution < 1.29 is 19.1 Å². The molecule has 3 rings (SSSR count). The van der Waals surface area contributed by atoms with Gasteiger partial charge in [0.1, 0.15) is 11.5 Å². The van der Waals surface area contributed by atoms with Crippen LogP contribution in [-0.4, -0.2) is 38.0 Å². The first kappa shape index (κ1) is 19.0. The third kappa shape index (κ3) is 3.71. The summed E-state index contributed by atoms with van der Waals surface area (Å²) in [6.07, 6.45) is 0.147. The number of hydrogen-bond acceptors (Lipinski definition) is 4. The van der Waals surface area contributed by atoms with Crippen LogP contribution in [0.25, 0.3) is 0 Å². The second kappa shape index (κ2) is 7.88. The van der Waals surface area contributed by atoms with Crippen LogP contribution in [0.5, 0.6) is 11.5 Å². The third-order valence-corrected chi connectivity index (χ3v) is 5.09. The SMILES string of the molecule is COc1cc(OC)c(NC(=O)[C@@H]2CC(=O)N(C)[C@@H]2c2ccccc2)cc1Cl. The molecule has 142 valence electrons. The zero-order valence-electron chi connectivity index (χ0n) is 15.4. The van der Waals surface area contributed by atoms with Crippen LogP contribution >= 0.6 is 11.6 Å². The molecule has 1 heterocycles. The summed E-state index contributed by atoms with van der Waals surface area (Å²) in [5.41, 5.74) is 1.35. The number of nitrogens with one attached hydrogen (secondary N) is 1. The van der Waals surface area contributed by atoms with Crippen LogP contribution in [0.15, 0.2) is 42.5 Å². The maximum Gasteiger partial charge on any atom is 0.230 e. The van der Waals surface area contributed by atoms with Gasteiger partial charge < -0.3 is 19.7 Å². The number of halogens is 1. The molecule has 2 amide bonds. The molecule has 2 aromatic carbocycles. The Labute approximate surface area is 163 Å². The molecule has 1 saturated heterocycles. The van der Waals surface area contributed by atoms with Gasteiger partial charge in [0.2, 0.25) is 11.8 Å². The molecule has 1 fully saturated rings. The number of hydrogen-bond donors (Lipinski definition) is 1. The lowest BCUT2D eigenvalue weighted by Gasteiger charge is -2.25. The van der Waals surface area contributed by atoms with Gasteiger partial charge in [-0.25, -0.2) is 0 Å². The number of anilines is 1. The second-order valence-corrected chi connectivity index (χ2v) is 6.75. The highest BCUT2D eigenvalue weighted by Crippen LogP contribution is 2.40. The van der Waals surface area contributed by atoms with Crippen LogP contribution in [-0.2, 0) is 9.59 Å². The molecule has 2 atom stereocenters. The van der Waals surface area contributed by atoms with E-state index in [1.807, 2.05) is 30.3 Å². The minimum Gasteiger partial charge on any atom is -0.495 e. The first-order chi connectivity index (χ1) is 13.0. The Kier molecular flexibility index (Phi) is 5.56. The summed E-state index contributed by atoms with van der Waals surface area (Å²) in [5.74, 6) is 0.0308. The van der Waals surface area contributed by atoms with Crippen LogP contribution in [0.2, 0.25) is 5.02 Å². The maximum absolute atomic E-state index is 13.0. The average Bonchev–Trinajstić information content (AvgIpc) is 2.97. The Hall–Kier alpha value is -2.73. The van der Waals surface area contributed by atoms with Crippen molar-refractivity contribution in [2.45, 2.75) is 12.5 Å². The summed E-state index contributed by atoms with van der Waals surface area (Å²) in [7, 11) is 4.72. The number of rotatable bonds is 5. The zero-order chi connectivity index (χ0) is 19.6. The summed E-state index contributed by atoms with van der Waals surface area (Å²) in [5, 5.41) is 3.21. The normalized spacial score (nSPS) is 19.1. The summed E-state index contributed by atoms with van der Waals surface area (Å²) >= 11 is 6.18. The standard InChI is InChI=1S/C20H21ClN2O4/c1-23-18(24)9-13(19(23)12-7-5-4-6-8-12)20(25)22-15-10-14(21)16(26-2)11-17(15)27-3/h4-8,10-11,13,19H,9H2,1-3H3,(H,22,25)/t13-,19-/m1/s1. The van der Waals surface area contributed by atoms with Gasteiger partial charge in [0.15, 0.2) is 0 Å². The van der Waals surface area contributed by atoms with E-state index in [4.69, 9.17) is 21.1 Å². The monoisotopic (exact) mass is 388 g/mol. The predicted molar refractivity (Wildman–Crippen MR) is 103 cm³/mol. The van der Waals surface area contributed by atoms with E-state index in [0.29, 0.717) is 22.2 Å². The lowest BCUT2D eigenvalue weighted by Crippen LogP contribution is -2.30. The van der Waals surface area contributed by atoms with E-state index in [1.54, 1.807) is 24.1 Å². The fraction of sp³-hybridized carbons (Fsp3) is 0.300. The molecule has 2 aromatic rings. The maximum atomic E-state index is 13.0. The van der Waals surface area contributed by atoms with Crippen molar-refractivity contribution in [3.05, 3.63) is 53.1 Å². The van der Waals surface area contributed by atoms with Crippen molar-refractivity contribution >= 4 is 29.1 Å². The van der Waals surface area contributed by atoms with E-state index in [9.17, 15) is 9.59 Å². The highest BCUT2D eigenvalue weighted by atomic mass is 35.5. The highest BCUT2D eigenvalue weighted by Gasteiger charge is 2.42. The minimum absolute atomic E-state index is 0.0660. The van der Waals surface area contributed by atoms with Gasteiger partial charge >= 0.3 is 0 Å². The van der Waals surface area contributed by atoms with Crippen LogP contribution < -0.4 is 14.8 Å². The minimum atomic E-state index is -0.518. The molecule has 6 nitrogen and oxygen atoms in total. The quantitative estimate of drug-likeness (QED) is 0.851. The number of likely N-dealkylation sites (tertiary alicyclic amines) is 1. The van der Waals surface area contributed by atoms with E-state index >= 15 is 0 Å². The van der Waals surface area contributed by atoms with Crippen LogP contribution in [0.3, 0.4) is 0 Å². The molecule has 1 N–H and O–H groups in total. The second-order valence-electron chi connectivity index (χ2n) is 6.35. The topological polar surface area (TPSA) is 67.9 Å². The number of methoxy groups -OCH3 is 2. The van der Waals surface area contributed by atoms with Gasteiger partial charge in [-0.05, 0) is 11.6 Å². The average molecular weight is 389 g/mol. The number of amides is 2. The van der Waals surface area contributed by atoms with Crippen molar-refractivity contribution in [1.29, 1.82) is 0 Å². The van der Waals surface area contributed by atoms with Crippen LogP contribution in [0.4, 0.5) is 5.69 Å². The molecule has 0 bridgehead atoms. The molecule has 0 radical (unpaired) electrons. The van der Waals surface area contributed by atoms with Crippen molar-refractivity contribution in [2.75, 3.05) is 26.6 Å². The molecule has 0 unspecified atom stereocenters. The van der Waals surface area contributed by atoms with E-state index in [2.05, 4.69) is 5.32 Å². The van der Waals surface area contributed by atoms with E-state index < -0.39 is 5.92 Å². The molecule has 1 aliphatic heterocycles. The van der Waals surface area contributed by atoms with Crippen LogP contribution in [0, 0.1) is 5.92 Å². The Morgan fingerprint density at radius 3 is 2.44 bits per heavy atom. The van der Waals surface area contributed by atoms with Crippen molar-refractivity contribution in [2.24, 2.45) is 5.92 Å². The zero-order valence-corrected chi connectivity index (χ0v) is 16.1. The fourth-order valence-electron chi connectivity index (χ4n) is 3.39. The first-order valence-corrected chi connectivity index (χ1v) is 8.87. The Morgan fingerprint density at radius 2 is 1.81 bits per heavy atom. The summed E-state index contributed by atoms with van der Waals surface area (Å²) in [6.45, 7) is 0. The molecule has 1 aliphatic rings. The number of ether oxygens (including phenoxy) is 2. The van der Waals surface area contributed by atoms with E-state index in [0.717, 1.165) is 5.56 Å². The van der Waals surface area contributed by atoms with Gasteiger partial charge in [-0.3, -0.25) is 9.59 Å². The molecule has 0 spiro atoms. The Morgan fingerprint density at radius 1 is 1.15 bits per heavy atom. The third-order valence-electron chi connectivity index (χ3n) is 4.80. The fourth-order valence-corrected chi connectivity index (χ4v) is 3.63. The van der Waals surface area contributed by atoms with Gasteiger partial charge in [-0.1, -0.05) is 41.9 Å². The Balaban J connectivity index is 1.89. The molecule has 0 saturated carbocycles. The van der Waals surface area contributed by atoms with Gasteiger partial charge in [0, 0.05) is 19.5 Å². The van der Waals surface area contributed by atoms with E-state index in [-0.39, 0.29) is 24.3 Å². The lowest BCUT2D eigenvalue weighted by molar-refractivity contribution is -0.127. The number of carbonyl (C=O) groups excluding carboxylic acids is 2. The first-order valence-electron chi connectivity index (χ1n) is 8.49. The predicted octanol–water partition coefficient (Wildman–Crippen LogP) is 3.52. The van der Waals surface area contributed by atoms with Crippen molar-refractivity contribution in [3.63, 3.8) is 0 Å². The summed E-state index contributed by atoms with van der Waals surface area (Å²) in [4.78, 5) is 26.9. The molecular formula is C20H21ClN2O4. The number of carbonyl (C=O) groups is 2. The lowest BCUT2D eigenvalue weighted by atomic mass is 9.93. The van der Waals surface area contributed by atoms with Gasteiger partial charge in [-0.15, -0.1) is 0 Å².